The number of amides is 3. The molecule has 0 saturated carbocycles. The van der Waals surface area contributed by atoms with Crippen LogP contribution < -0.4 is 10.6 Å². The van der Waals surface area contributed by atoms with Crippen LogP contribution in [0.4, 0.5) is 4.79 Å². The van der Waals surface area contributed by atoms with Crippen LogP contribution in [0.25, 0.3) is 0 Å². The van der Waals surface area contributed by atoms with Gasteiger partial charge in [0.1, 0.15) is 6.04 Å². The number of carbonyl (C=O) groups excluding carboxylic acids is 2. The molecule has 0 spiro atoms. The average Bonchev–Trinajstić information content (AvgIpc) is 2.10. The first kappa shape index (κ1) is 7.40. The number of imide groups is 1. The lowest BCUT2D eigenvalue weighted by atomic mass is 10.2. The third-order valence-electron chi connectivity index (χ3n) is 1.29. The van der Waals surface area contributed by atoms with E-state index in [4.69, 9.17) is 0 Å². The minimum absolute atomic E-state index is 0.147. The normalized spacial score (nSPS) is 27.6. The van der Waals surface area contributed by atoms with Crippen LogP contribution in [-0.2, 0) is 4.79 Å². The molecule has 1 aliphatic rings. The number of hydrogen-bond acceptors (Lipinski definition) is 3. The van der Waals surface area contributed by atoms with Gasteiger partial charge < -0.3 is 5.32 Å². The minimum Gasteiger partial charge on any atom is -0.325 e. The van der Waals surface area contributed by atoms with Crippen LogP contribution in [0.1, 0.15) is 6.92 Å². The minimum atomic E-state index is -0.476. The molecule has 2 N–H and O–H groups in total. The van der Waals surface area contributed by atoms with Crippen LogP contribution in [0.5, 0.6) is 0 Å². The smallest absolute Gasteiger partial charge is 0.322 e. The fourth-order valence-electron chi connectivity index (χ4n) is 0.772. The Labute approximate surface area is 63.8 Å². The van der Waals surface area contributed by atoms with Crippen LogP contribution in [0, 0.1) is 0 Å². The van der Waals surface area contributed by atoms with Gasteiger partial charge >= 0.3 is 6.03 Å². The summed E-state index contributed by atoms with van der Waals surface area (Å²) < 4.78 is 0. The van der Waals surface area contributed by atoms with Crippen molar-refractivity contribution in [2.75, 3.05) is 0 Å². The van der Waals surface area contributed by atoms with Gasteiger partial charge in [-0.2, -0.15) is 12.6 Å². The molecular formula is C5H8N2O2S. The highest BCUT2D eigenvalue weighted by Crippen LogP contribution is 2.04. The number of rotatable bonds is 1. The van der Waals surface area contributed by atoms with Crippen molar-refractivity contribution in [3.05, 3.63) is 0 Å². The molecule has 0 aliphatic carbocycles. The van der Waals surface area contributed by atoms with Gasteiger partial charge in [-0.15, -0.1) is 0 Å². The summed E-state index contributed by atoms with van der Waals surface area (Å²) in [4.78, 5) is 21.3. The molecule has 56 valence electrons. The predicted molar refractivity (Wildman–Crippen MR) is 38.9 cm³/mol. The first-order valence-electron chi connectivity index (χ1n) is 2.90. The molecular weight excluding hydrogens is 152 g/mol. The van der Waals surface area contributed by atoms with Crippen molar-refractivity contribution in [3.63, 3.8) is 0 Å². The van der Waals surface area contributed by atoms with Gasteiger partial charge in [0.15, 0.2) is 0 Å². The van der Waals surface area contributed by atoms with E-state index in [1.807, 2.05) is 0 Å². The van der Waals surface area contributed by atoms with E-state index in [-0.39, 0.29) is 11.2 Å². The van der Waals surface area contributed by atoms with Gasteiger partial charge in [0.05, 0.1) is 0 Å². The van der Waals surface area contributed by atoms with Crippen molar-refractivity contribution in [1.29, 1.82) is 0 Å². The molecule has 0 aromatic rings. The van der Waals surface area contributed by atoms with E-state index in [1.54, 1.807) is 6.92 Å². The van der Waals surface area contributed by atoms with Crippen LogP contribution >= 0.6 is 12.6 Å². The molecule has 5 heteroatoms. The van der Waals surface area contributed by atoms with Gasteiger partial charge in [0.25, 0.3) is 5.91 Å². The highest BCUT2D eigenvalue weighted by molar-refractivity contribution is 7.81. The maximum atomic E-state index is 10.8. The second-order valence-corrected chi connectivity index (χ2v) is 3.00. The van der Waals surface area contributed by atoms with E-state index < -0.39 is 12.1 Å². The van der Waals surface area contributed by atoms with Crippen LogP contribution in [0.15, 0.2) is 0 Å². The Kier molecular flexibility index (Phi) is 1.85. The molecule has 2 atom stereocenters. The van der Waals surface area contributed by atoms with Gasteiger partial charge in [0, 0.05) is 5.25 Å². The maximum Gasteiger partial charge on any atom is 0.322 e. The largest absolute Gasteiger partial charge is 0.325 e. The highest BCUT2D eigenvalue weighted by Gasteiger charge is 2.31. The average molecular weight is 160 g/mol. The number of nitrogens with one attached hydrogen (secondary N) is 2. The number of carbonyl (C=O) groups is 2. The summed E-state index contributed by atoms with van der Waals surface area (Å²) in [6, 6.07) is -0.910. The maximum absolute atomic E-state index is 10.8. The lowest BCUT2D eigenvalue weighted by Crippen LogP contribution is -2.36. The number of thiol groups is 1. The summed E-state index contributed by atoms with van der Waals surface area (Å²) in [7, 11) is 0. The van der Waals surface area contributed by atoms with Crippen molar-refractivity contribution in [2.24, 2.45) is 0 Å². The lowest BCUT2D eigenvalue weighted by molar-refractivity contribution is -0.120. The molecule has 0 bridgehead atoms. The molecule has 1 aliphatic heterocycles. The molecule has 1 heterocycles. The Morgan fingerprint density at radius 3 is 2.40 bits per heavy atom. The molecule has 4 nitrogen and oxygen atoms in total. The fraction of sp³-hybridized carbons (Fsp3) is 0.600. The molecule has 1 saturated heterocycles. The fourth-order valence-corrected chi connectivity index (χ4v) is 0.982. The Morgan fingerprint density at radius 1 is 1.60 bits per heavy atom. The van der Waals surface area contributed by atoms with Gasteiger partial charge in [-0.05, 0) is 0 Å². The highest BCUT2D eigenvalue weighted by atomic mass is 32.1. The first-order chi connectivity index (χ1) is 4.61. The summed E-state index contributed by atoms with van der Waals surface area (Å²) in [5.74, 6) is -0.299. The van der Waals surface area contributed by atoms with Crippen molar-refractivity contribution in [2.45, 2.75) is 18.2 Å². The van der Waals surface area contributed by atoms with E-state index in [2.05, 4.69) is 23.3 Å². The Balaban J connectivity index is 2.63. The van der Waals surface area contributed by atoms with Gasteiger partial charge in [-0.3, -0.25) is 10.1 Å². The third-order valence-corrected chi connectivity index (χ3v) is 1.59. The van der Waals surface area contributed by atoms with E-state index in [0.29, 0.717) is 0 Å². The summed E-state index contributed by atoms with van der Waals surface area (Å²) >= 11 is 4.02. The SMILES string of the molecule is CC(S)C1NC(=O)NC1=O. The van der Waals surface area contributed by atoms with Crippen molar-refractivity contribution < 1.29 is 9.59 Å². The van der Waals surface area contributed by atoms with Gasteiger partial charge in [-0.1, -0.05) is 6.92 Å². The molecule has 2 unspecified atom stereocenters. The molecule has 3 amide bonds. The van der Waals surface area contributed by atoms with Gasteiger partial charge in [0.2, 0.25) is 0 Å². The zero-order valence-corrected chi connectivity index (χ0v) is 6.31. The Morgan fingerprint density at radius 2 is 2.20 bits per heavy atom. The van der Waals surface area contributed by atoms with Crippen molar-refractivity contribution >= 4 is 24.6 Å². The van der Waals surface area contributed by atoms with Crippen molar-refractivity contribution in [1.82, 2.24) is 10.6 Å². The number of urea groups is 1. The quantitative estimate of drug-likeness (QED) is 0.358. The summed E-state index contributed by atoms with van der Waals surface area (Å²) in [5, 5.41) is 4.39. The molecule has 0 aromatic carbocycles. The second kappa shape index (κ2) is 2.49. The number of hydrogen-bond donors (Lipinski definition) is 3. The van der Waals surface area contributed by atoms with E-state index >= 15 is 0 Å². The Bertz CT molecular complexity index is 180. The van der Waals surface area contributed by atoms with Crippen LogP contribution in [0.3, 0.4) is 0 Å². The van der Waals surface area contributed by atoms with E-state index in [9.17, 15) is 9.59 Å². The van der Waals surface area contributed by atoms with Crippen LogP contribution in [0.2, 0.25) is 0 Å². The molecule has 0 radical (unpaired) electrons. The topological polar surface area (TPSA) is 58.2 Å². The summed E-state index contributed by atoms with van der Waals surface area (Å²) in [5.41, 5.74) is 0. The lowest BCUT2D eigenvalue weighted by Gasteiger charge is -2.08. The molecule has 0 aromatic heterocycles. The molecule has 1 rings (SSSR count). The molecule has 10 heavy (non-hydrogen) atoms. The van der Waals surface area contributed by atoms with Crippen LogP contribution in [-0.4, -0.2) is 23.2 Å². The summed E-state index contributed by atoms with van der Waals surface area (Å²) in [6.07, 6.45) is 0. The van der Waals surface area contributed by atoms with Gasteiger partial charge in [-0.25, -0.2) is 4.79 Å². The zero-order valence-electron chi connectivity index (χ0n) is 5.42. The van der Waals surface area contributed by atoms with E-state index in [1.165, 1.54) is 0 Å². The first-order valence-corrected chi connectivity index (χ1v) is 3.42. The van der Waals surface area contributed by atoms with Crippen molar-refractivity contribution in [3.8, 4) is 0 Å². The summed E-state index contributed by atoms with van der Waals surface area (Å²) in [6.45, 7) is 1.75. The predicted octanol–water partition coefficient (Wildman–Crippen LogP) is -0.487. The third kappa shape index (κ3) is 1.23. The monoisotopic (exact) mass is 160 g/mol. The van der Waals surface area contributed by atoms with E-state index in [0.717, 1.165) is 0 Å². The molecule has 1 fully saturated rings. The second-order valence-electron chi connectivity index (χ2n) is 2.18. The Hall–Kier alpha value is -0.710. The standard InChI is InChI=1S/C5H8N2O2S/c1-2(10)3-4(8)7-5(9)6-3/h2-3,10H,1H3,(H2,6,7,8,9). The zero-order chi connectivity index (χ0) is 7.72.